The maximum Gasteiger partial charge on any atom is 0.139 e. The second-order valence-corrected chi connectivity index (χ2v) is 6.38. The lowest BCUT2D eigenvalue weighted by Gasteiger charge is -2.37. The smallest absolute Gasteiger partial charge is 0.139 e. The molecule has 0 aliphatic heterocycles. The van der Waals surface area contributed by atoms with Gasteiger partial charge in [-0.1, -0.05) is 22.0 Å². The minimum absolute atomic E-state index is 0.0504. The Labute approximate surface area is 116 Å². The van der Waals surface area contributed by atoms with Crippen LogP contribution in [0.15, 0.2) is 35.1 Å². The van der Waals surface area contributed by atoms with E-state index < -0.39 is 5.67 Å². The number of allylic oxidation sites excluding steroid dienone is 5. The van der Waals surface area contributed by atoms with Crippen LogP contribution >= 0.6 is 15.9 Å². The van der Waals surface area contributed by atoms with Gasteiger partial charge in [-0.3, -0.25) is 0 Å². The zero-order valence-corrected chi connectivity index (χ0v) is 12.1. The van der Waals surface area contributed by atoms with E-state index in [0.29, 0.717) is 10.4 Å². The second-order valence-electron chi connectivity index (χ2n) is 5.47. The molecule has 0 heterocycles. The molecule has 1 atom stereocenters. The topological polar surface area (TPSA) is 0 Å². The first kappa shape index (κ1) is 14.0. The summed E-state index contributed by atoms with van der Waals surface area (Å²) in [6.07, 6.45) is 9.51. The van der Waals surface area contributed by atoms with Crippen LogP contribution in [-0.2, 0) is 0 Å². The van der Waals surface area contributed by atoms with E-state index in [-0.39, 0.29) is 18.2 Å². The normalized spacial score (nSPS) is 36.8. The fourth-order valence-electron chi connectivity index (χ4n) is 3.16. The lowest BCUT2D eigenvalue weighted by molar-refractivity contribution is 0.0830. The minimum Gasteiger partial charge on any atom is -0.239 e. The molecule has 1 fully saturated rings. The van der Waals surface area contributed by atoms with Crippen molar-refractivity contribution in [3.63, 3.8) is 0 Å². The minimum atomic E-state index is -1.50. The summed E-state index contributed by atoms with van der Waals surface area (Å²) in [5.74, 6) is 0.226. The molecule has 2 rings (SSSR count). The van der Waals surface area contributed by atoms with Crippen molar-refractivity contribution in [3.8, 4) is 0 Å². The van der Waals surface area contributed by atoms with Crippen LogP contribution in [0.2, 0.25) is 0 Å². The average Bonchev–Trinajstić information content (AvgIpc) is 2.28. The Bertz CT molecular complexity index is 378. The third-order valence-corrected chi connectivity index (χ3v) is 4.60. The molecule has 0 radical (unpaired) electrons. The summed E-state index contributed by atoms with van der Waals surface area (Å²) in [5, 5.41) is 0. The molecule has 2 aliphatic carbocycles. The van der Waals surface area contributed by atoms with Crippen molar-refractivity contribution in [2.75, 3.05) is 0 Å². The molecule has 0 aromatic carbocycles. The molecule has 3 heteroatoms. The molecule has 100 valence electrons. The van der Waals surface area contributed by atoms with Gasteiger partial charge in [0, 0.05) is 10.9 Å². The predicted octanol–water partition coefficient (Wildman–Crippen LogP) is 5.61. The van der Waals surface area contributed by atoms with E-state index in [1.54, 1.807) is 6.08 Å². The quantitative estimate of drug-likeness (QED) is 0.593. The number of alkyl halides is 1. The van der Waals surface area contributed by atoms with E-state index >= 15 is 0 Å². The van der Waals surface area contributed by atoms with Crippen LogP contribution in [0.5, 0.6) is 0 Å². The van der Waals surface area contributed by atoms with Crippen LogP contribution in [0.25, 0.3) is 0 Å². The zero-order chi connectivity index (χ0) is 13.2. The van der Waals surface area contributed by atoms with E-state index in [0.717, 1.165) is 32.1 Å². The van der Waals surface area contributed by atoms with Gasteiger partial charge in [0.2, 0.25) is 0 Å². The van der Waals surface area contributed by atoms with E-state index in [2.05, 4.69) is 22.5 Å². The molecule has 0 N–H and O–H groups in total. The SMILES string of the molecule is C=CC[C@H]1CC[C@H](C2(F)C=C(Br)C=C(F)C2)CC1. The fourth-order valence-corrected chi connectivity index (χ4v) is 3.79. The van der Waals surface area contributed by atoms with Crippen LogP contribution in [0.1, 0.15) is 38.5 Å². The van der Waals surface area contributed by atoms with Crippen molar-refractivity contribution < 1.29 is 8.78 Å². The van der Waals surface area contributed by atoms with Crippen molar-refractivity contribution in [1.82, 2.24) is 0 Å². The van der Waals surface area contributed by atoms with Gasteiger partial charge in [-0.2, -0.15) is 0 Å². The van der Waals surface area contributed by atoms with Crippen molar-refractivity contribution in [2.45, 2.75) is 44.2 Å². The molecule has 2 aliphatic rings. The largest absolute Gasteiger partial charge is 0.239 e. The van der Waals surface area contributed by atoms with Gasteiger partial charge in [0.05, 0.1) is 0 Å². The first-order valence-electron chi connectivity index (χ1n) is 6.58. The monoisotopic (exact) mass is 316 g/mol. The molecular formula is C15H19BrF2. The summed E-state index contributed by atoms with van der Waals surface area (Å²) in [7, 11) is 0. The number of hydrogen-bond donors (Lipinski definition) is 0. The predicted molar refractivity (Wildman–Crippen MR) is 74.9 cm³/mol. The molecule has 0 aromatic heterocycles. The lowest BCUT2D eigenvalue weighted by atomic mass is 9.71. The molecule has 1 unspecified atom stereocenters. The van der Waals surface area contributed by atoms with Crippen LogP contribution in [-0.4, -0.2) is 5.67 Å². The van der Waals surface area contributed by atoms with Gasteiger partial charge >= 0.3 is 0 Å². The maximum atomic E-state index is 14.9. The summed E-state index contributed by atoms with van der Waals surface area (Å²) in [4.78, 5) is 0. The molecular weight excluding hydrogens is 298 g/mol. The standard InChI is InChI=1S/C15H19BrF2/c1-2-3-11-4-6-12(7-5-11)15(18)9-13(16)8-14(17)10-15/h2,8-9,11-12H,1,3-7,10H2/t11-,12-,15?. The third-order valence-electron chi connectivity index (χ3n) is 4.14. The highest BCUT2D eigenvalue weighted by Crippen LogP contribution is 2.45. The summed E-state index contributed by atoms with van der Waals surface area (Å²) in [6.45, 7) is 3.75. The number of halogens is 3. The summed E-state index contributed by atoms with van der Waals surface area (Å²) < 4.78 is 28.8. The molecule has 0 bridgehead atoms. The van der Waals surface area contributed by atoms with Gasteiger partial charge in [-0.05, 0) is 56.1 Å². The fraction of sp³-hybridized carbons (Fsp3) is 0.600. The molecule has 0 aromatic rings. The first-order chi connectivity index (χ1) is 8.53. The molecule has 18 heavy (non-hydrogen) atoms. The van der Waals surface area contributed by atoms with Gasteiger partial charge in [0.1, 0.15) is 11.5 Å². The van der Waals surface area contributed by atoms with Crippen LogP contribution in [0.4, 0.5) is 8.78 Å². The van der Waals surface area contributed by atoms with Gasteiger partial charge in [0.15, 0.2) is 0 Å². The highest BCUT2D eigenvalue weighted by Gasteiger charge is 2.41. The summed E-state index contributed by atoms with van der Waals surface area (Å²) in [5.41, 5.74) is -1.50. The summed E-state index contributed by atoms with van der Waals surface area (Å²) >= 11 is 3.20. The van der Waals surface area contributed by atoms with E-state index in [1.807, 2.05) is 6.08 Å². The maximum absolute atomic E-state index is 14.9. The Balaban J connectivity index is 2.01. The zero-order valence-electron chi connectivity index (χ0n) is 10.5. The third kappa shape index (κ3) is 3.11. The highest BCUT2D eigenvalue weighted by atomic mass is 79.9. The van der Waals surface area contributed by atoms with Crippen LogP contribution < -0.4 is 0 Å². The van der Waals surface area contributed by atoms with Gasteiger partial charge in [-0.15, -0.1) is 6.58 Å². The van der Waals surface area contributed by atoms with Crippen LogP contribution in [0, 0.1) is 11.8 Å². The van der Waals surface area contributed by atoms with Gasteiger partial charge in [0.25, 0.3) is 0 Å². The van der Waals surface area contributed by atoms with E-state index in [1.165, 1.54) is 6.08 Å². The second kappa shape index (κ2) is 5.68. The Morgan fingerprint density at radius 3 is 2.61 bits per heavy atom. The van der Waals surface area contributed by atoms with Gasteiger partial charge in [-0.25, -0.2) is 8.78 Å². The Morgan fingerprint density at radius 1 is 1.39 bits per heavy atom. The Kier molecular flexibility index (Phi) is 4.41. The van der Waals surface area contributed by atoms with Crippen LogP contribution in [0.3, 0.4) is 0 Å². The Morgan fingerprint density at radius 2 is 2.06 bits per heavy atom. The van der Waals surface area contributed by atoms with Crippen molar-refractivity contribution >= 4 is 15.9 Å². The number of rotatable bonds is 3. The van der Waals surface area contributed by atoms with Crippen molar-refractivity contribution in [3.05, 3.63) is 35.1 Å². The van der Waals surface area contributed by atoms with Crippen molar-refractivity contribution in [1.29, 1.82) is 0 Å². The average molecular weight is 317 g/mol. The molecule has 1 saturated carbocycles. The Hall–Kier alpha value is -0.440. The molecule has 0 amide bonds. The van der Waals surface area contributed by atoms with Crippen molar-refractivity contribution in [2.24, 2.45) is 11.8 Å². The number of hydrogen-bond acceptors (Lipinski definition) is 0. The molecule has 0 spiro atoms. The van der Waals surface area contributed by atoms with E-state index in [9.17, 15) is 8.78 Å². The lowest BCUT2D eigenvalue weighted by Crippen LogP contribution is -2.35. The van der Waals surface area contributed by atoms with E-state index in [4.69, 9.17) is 0 Å². The first-order valence-corrected chi connectivity index (χ1v) is 7.37. The summed E-state index contributed by atoms with van der Waals surface area (Å²) in [6, 6.07) is 0. The highest BCUT2D eigenvalue weighted by molar-refractivity contribution is 9.11. The molecule has 0 nitrogen and oxygen atoms in total. The molecule has 0 saturated heterocycles. The van der Waals surface area contributed by atoms with Gasteiger partial charge < -0.3 is 0 Å².